The van der Waals surface area contributed by atoms with Crippen LogP contribution in [0.25, 0.3) is 0 Å². The molecule has 6 atom stereocenters. The predicted molar refractivity (Wildman–Crippen MR) is 294 cm³/mol. The molecule has 0 saturated heterocycles. The molecule has 612 valence electrons. The fraction of sp³-hybridized carbons (Fsp3) is 0.754. The summed E-state index contributed by atoms with van der Waals surface area (Å²) in [5, 5.41) is 0. The van der Waals surface area contributed by atoms with Crippen LogP contribution in [-0.4, -0.2) is 219 Å². The van der Waals surface area contributed by atoms with Crippen molar-refractivity contribution >= 4 is 83.6 Å². The number of rotatable bonds is 40. The first kappa shape index (κ1) is 99.2. The molecule has 0 aromatic carbocycles. The summed E-state index contributed by atoms with van der Waals surface area (Å²) in [6, 6.07) is 0. The first-order valence-electron chi connectivity index (χ1n) is 28.8. The Bertz CT molecular complexity index is 3070. The molecule has 6 unspecified atom stereocenters. The van der Waals surface area contributed by atoms with Gasteiger partial charge in [0.05, 0.1) is 38.4 Å². The third-order valence-corrected chi connectivity index (χ3v) is 13.2. The van der Waals surface area contributed by atoms with Gasteiger partial charge >= 0.3 is 127 Å². The molecule has 0 spiro atoms. The maximum Gasteiger partial charge on any atom is 0.422 e. The molecule has 0 aromatic rings. The molecule has 0 saturated carbocycles. The number of alkyl halides is 21. The van der Waals surface area contributed by atoms with E-state index >= 15 is 4.79 Å². The van der Waals surface area contributed by atoms with E-state index in [0.717, 1.165) is 20.8 Å². The lowest BCUT2D eigenvalue weighted by atomic mass is 9.58. The molecule has 0 N–H and O–H groups in total. The molecule has 0 aromatic heterocycles. The van der Waals surface area contributed by atoms with Crippen LogP contribution < -0.4 is 0 Å². The van der Waals surface area contributed by atoms with Crippen molar-refractivity contribution < 1.29 is 226 Å². The molecule has 0 heterocycles. The van der Waals surface area contributed by atoms with Crippen LogP contribution in [0, 0.1) is 38.4 Å². The van der Waals surface area contributed by atoms with Crippen molar-refractivity contribution in [3.05, 3.63) is 0 Å². The van der Waals surface area contributed by atoms with Gasteiger partial charge in [0.15, 0.2) is 92.5 Å². The third kappa shape index (κ3) is 41.1. The van der Waals surface area contributed by atoms with Gasteiger partial charge < -0.3 is 66.3 Å². The van der Waals surface area contributed by atoms with Crippen LogP contribution in [0.15, 0.2) is 0 Å². The van der Waals surface area contributed by atoms with Gasteiger partial charge in [-0.05, 0) is 87.0 Å². The summed E-state index contributed by atoms with van der Waals surface area (Å²) in [6.45, 7) is -25.4. The molecule has 28 nitrogen and oxygen atoms in total. The third-order valence-electron chi connectivity index (χ3n) is 13.2. The molecule has 0 fully saturated rings. The van der Waals surface area contributed by atoms with E-state index in [1.54, 1.807) is 0 Å². The summed E-state index contributed by atoms with van der Waals surface area (Å²) in [5.74, 6) is -30.8. The molecule has 0 aliphatic carbocycles. The Morgan fingerprint density at radius 1 is 0.236 bits per heavy atom. The maximum absolute atomic E-state index is 15.0. The van der Waals surface area contributed by atoms with E-state index in [2.05, 4.69) is 37.9 Å². The number of carbonyl (C=O) groups excluding carboxylic acids is 14. The van der Waals surface area contributed by atoms with E-state index in [9.17, 15) is 155 Å². The smallest absolute Gasteiger partial charge is 0.422 e. The minimum atomic E-state index is -5.38. The average Bonchev–Trinajstić information content (AvgIpc) is 0.757. The standard InChI is InChI=1S/C56H65F21O28.CH4/c1-29(37(85)92-10-30(78)99-22-50(57,58)59)9-45(4,39(87)94-12-32(80)101-24-52(63,64)65)18-47(6,41(89)96-14-34(82)103-26-54(69,70)71)20-49(8,43(91)98-16-36(84)105-28-56(75,76)77)21-48(7,42(90)97-15-35(83)104-27-55(72,73)74)19-46(5,40(88)95-13-33(81)102-25-53(66,67)68)17-44(2,3)38(86)93-11-31(79)100-23-51(60,61)62;/h29H,9-28H2,1-8H3;1H4. The molecular weight excluding hydrogens is 1530 g/mol. The van der Waals surface area contributed by atoms with Gasteiger partial charge in [-0.15, -0.1) is 0 Å². The zero-order chi connectivity index (χ0) is 82.2. The van der Waals surface area contributed by atoms with Crippen molar-refractivity contribution in [2.75, 3.05) is 92.5 Å². The second-order valence-electron chi connectivity index (χ2n) is 24.7. The van der Waals surface area contributed by atoms with Crippen molar-refractivity contribution in [2.45, 2.75) is 145 Å². The largest absolute Gasteiger partial charge is 0.454 e. The van der Waals surface area contributed by atoms with Crippen LogP contribution in [0.5, 0.6) is 0 Å². The first-order chi connectivity index (χ1) is 47.1. The lowest BCUT2D eigenvalue weighted by Gasteiger charge is -2.45. The Kier molecular flexibility index (Phi) is 37.1. The van der Waals surface area contributed by atoms with Gasteiger partial charge in [-0.25, -0.2) is 33.6 Å². The van der Waals surface area contributed by atoms with Crippen LogP contribution in [0.4, 0.5) is 92.2 Å². The fourth-order valence-corrected chi connectivity index (χ4v) is 9.82. The number of esters is 14. The van der Waals surface area contributed by atoms with Gasteiger partial charge in [-0.1, -0.05) is 14.4 Å². The topological polar surface area (TPSA) is 368 Å². The molecule has 49 heteroatoms. The van der Waals surface area contributed by atoms with Crippen LogP contribution in [0.3, 0.4) is 0 Å². The van der Waals surface area contributed by atoms with Crippen molar-refractivity contribution in [3.63, 3.8) is 0 Å². The first-order valence-corrected chi connectivity index (χ1v) is 28.8. The van der Waals surface area contributed by atoms with Gasteiger partial charge in [0.1, 0.15) is 0 Å². The fourth-order valence-electron chi connectivity index (χ4n) is 9.82. The minimum absolute atomic E-state index is 0. The molecule has 0 amide bonds. The van der Waals surface area contributed by atoms with Crippen molar-refractivity contribution in [1.82, 2.24) is 0 Å². The summed E-state index contributed by atoms with van der Waals surface area (Å²) in [5.41, 5.74) is -18.7. The van der Waals surface area contributed by atoms with Crippen LogP contribution in [0.2, 0.25) is 0 Å². The molecule has 106 heavy (non-hydrogen) atoms. The Morgan fingerprint density at radius 2 is 0.396 bits per heavy atom. The Balaban J connectivity index is 0. The van der Waals surface area contributed by atoms with E-state index in [4.69, 9.17) is 28.4 Å². The normalized spacial score (nSPS) is 15.4. The number of halogens is 21. The quantitative estimate of drug-likeness (QED) is 0.0317. The zero-order valence-electron chi connectivity index (χ0n) is 55.6. The number of ether oxygens (including phenoxy) is 14. The number of hydrogen-bond acceptors (Lipinski definition) is 28. The van der Waals surface area contributed by atoms with E-state index in [-0.39, 0.29) is 7.43 Å². The van der Waals surface area contributed by atoms with Crippen LogP contribution >= 0.6 is 0 Å². The monoisotopic (exact) mass is 1600 g/mol. The second kappa shape index (κ2) is 39.6. The highest BCUT2D eigenvalue weighted by molar-refractivity contribution is 5.89. The average molecular weight is 1600 g/mol. The number of hydrogen-bond donors (Lipinski definition) is 0. The summed E-state index contributed by atoms with van der Waals surface area (Å²) in [4.78, 5) is 188. The summed E-state index contributed by atoms with van der Waals surface area (Å²) >= 11 is 0. The highest BCUT2D eigenvalue weighted by atomic mass is 19.4. The molecular formula is C57H69F21O28. The van der Waals surface area contributed by atoms with E-state index in [1.165, 1.54) is 0 Å². The SMILES string of the molecule is C.CC(CC(C)(CC(C)(CC(C)(CC(C)(CC(C)(CC(C)(C)C(=O)OCC(=O)OCC(F)(F)F)C(=O)OCC(=O)OCC(F)(F)F)C(=O)OCC(=O)OCC(F)(F)F)C(=O)OCC(=O)OCC(F)(F)F)C(=O)OCC(=O)OCC(F)(F)F)C(=O)OCC(=O)OCC(F)(F)F)C(=O)OCC(=O)OCC(F)(F)F. The Morgan fingerprint density at radius 3 is 0.594 bits per heavy atom. The minimum Gasteiger partial charge on any atom is -0.454 e. The van der Waals surface area contributed by atoms with Crippen molar-refractivity contribution in [1.29, 1.82) is 0 Å². The predicted octanol–water partition coefficient (Wildman–Crippen LogP) is 8.20. The second-order valence-corrected chi connectivity index (χ2v) is 24.7. The maximum atomic E-state index is 15.0. The van der Waals surface area contributed by atoms with Crippen molar-refractivity contribution in [2.24, 2.45) is 38.4 Å². The van der Waals surface area contributed by atoms with Crippen molar-refractivity contribution in [3.8, 4) is 0 Å². The van der Waals surface area contributed by atoms with Gasteiger partial charge in [0.25, 0.3) is 0 Å². The Labute approximate surface area is 584 Å². The van der Waals surface area contributed by atoms with Gasteiger partial charge in [0.2, 0.25) is 0 Å². The lowest BCUT2D eigenvalue weighted by molar-refractivity contribution is -0.195. The van der Waals surface area contributed by atoms with E-state index < -0.39 is 296 Å². The van der Waals surface area contributed by atoms with E-state index in [0.29, 0.717) is 34.6 Å². The summed E-state index contributed by atoms with van der Waals surface area (Å²) in [6.07, 6.45) is -47.0. The molecule has 0 rings (SSSR count). The summed E-state index contributed by atoms with van der Waals surface area (Å²) < 4.78 is 335. The van der Waals surface area contributed by atoms with Crippen LogP contribution in [0.1, 0.15) is 101 Å². The molecule has 0 bridgehead atoms. The number of carbonyl (C=O) groups is 14. The molecule has 0 radical (unpaired) electrons. The van der Waals surface area contributed by atoms with Gasteiger partial charge in [-0.3, -0.25) is 33.6 Å². The Hall–Kier alpha value is -8.89. The molecule has 0 aliphatic heterocycles. The zero-order valence-corrected chi connectivity index (χ0v) is 55.6. The summed E-state index contributed by atoms with van der Waals surface area (Å²) in [7, 11) is 0. The molecule has 0 aliphatic rings. The highest BCUT2D eigenvalue weighted by Gasteiger charge is 2.59. The van der Waals surface area contributed by atoms with Crippen LogP contribution in [-0.2, 0) is 133 Å². The highest BCUT2D eigenvalue weighted by Crippen LogP contribution is 2.54. The lowest BCUT2D eigenvalue weighted by Crippen LogP contribution is -2.50. The van der Waals surface area contributed by atoms with E-state index in [1.807, 2.05) is 0 Å². The van der Waals surface area contributed by atoms with Gasteiger partial charge in [-0.2, -0.15) is 92.2 Å². The van der Waals surface area contributed by atoms with Gasteiger partial charge in [0, 0.05) is 0 Å².